The largest absolute Gasteiger partial charge is 0.506 e. The molecule has 0 aliphatic carbocycles. The molecule has 0 atom stereocenters. The maximum Gasteiger partial charge on any atom is 0.506 e. The van der Waals surface area contributed by atoms with Crippen LogP contribution in [-0.4, -0.2) is 82.7 Å². The van der Waals surface area contributed by atoms with Crippen molar-refractivity contribution in [2.45, 2.75) is 33.7 Å². The Labute approximate surface area is 130 Å². The van der Waals surface area contributed by atoms with Gasteiger partial charge in [-0.2, -0.15) is 0 Å². The summed E-state index contributed by atoms with van der Waals surface area (Å²) in [5, 5.41) is 18.6. The lowest BCUT2D eigenvalue weighted by molar-refractivity contribution is -0.925. The van der Waals surface area contributed by atoms with Gasteiger partial charge in [-0.3, -0.25) is 0 Å². The average Bonchev–Trinajstić information content (AvgIpc) is 2.46. The van der Waals surface area contributed by atoms with Crippen LogP contribution in [0.3, 0.4) is 0 Å². The highest BCUT2D eigenvalue weighted by Crippen LogP contribution is 2.20. The van der Waals surface area contributed by atoms with E-state index < -0.39 is 8.80 Å². The first-order valence-electron chi connectivity index (χ1n) is 8.06. The van der Waals surface area contributed by atoms with Crippen molar-refractivity contribution in [3.05, 3.63) is 0 Å². The molecule has 0 rings (SSSR count). The van der Waals surface area contributed by atoms with Crippen LogP contribution in [0.15, 0.2) is 0 Å². The van der Waals surface area contributed by atoms with Gasteiger partial charge in [0.25, 0.3) is 0 Å². The zero-order chi connectivity index (χ0) is 16.2. The van der Waals surface area contributed by atoms with Crippen LogP contribution < -0.4 is 0 Å². The third kappa shape index (κ3) is 7.18. The average molecular weight is 325 g/mol. The molecule has 6 nitrogen and oxygen atoms in total. The van der Waals surface area contributed by atoms with E-state index in [4.69, 9.17) is 13.3 Å². The van der Waals surface area contributed by atoms with Crippen LogP contribution in [0, 0.1) is 0 Å². The Morgan fingerprint density at radius 1 is 0.762 bits per heavy atom. The summed E-state index contributed by atoms with van der Waals surface area (Å²) < 4.78 is 18.3. The molecular formula is C14H34NO5Si+. The SMILES string of the molecule is CCO[Si](CC[N+](CC)(CCO)CCO)(OCC)OCC. The Bertz CT molecular complexity index is 232. The van der Waals surface area contributed by atoms with Gasteiger partial charge in [-0.15, -0.1) is 0 Å². The van der Waals surface area contributed by atoms with Crippen LogP contribution in [-0.2, 0) is 13.3 Å². The zero-order valence-corrected chi connectivity index (χ0v) is 15.1. The molecule has 128 valence electrons. The van der Waals surface area contributed by atoms with E-state index in [0.29, 0.717) is 43.4 Å². The second-order valence-corrected chi connectivity index (χ2v) is 7.74. The molecule has 0 saturated heterocycles. The molecular weight excluding hydrogens is 290 g/mol. The fourth-order valence-corrected chi connectivity index (χ4v) is 5.36. The fraction of sp³-hybridized carbons (Fsp3) is 1.00. The molecule has 0 aromatic rings. The summed E-state index contributed by atoms with van der Waals surface area (Å²) in [6.07, 6.45) is 0. The molecule has 2 N–H and O–H groups in total. The van der Waals surface area contributed by atoms with Crippen molar-refractivity contribution in [3.63, 3.8) is 0 Å². The van der Waals surface area contributed by atoms with Gasteiger partial charge in [-0.05, 0) is 27.7 Å². The third-order valence-corrected chi connectivity index (χ3v) is 6.83. The first kappa shape index (κ1) is 21.0. The van der Waals surface area contributed by atoms with Crippen molar-refractivity contribution in [3.8, 4) is 0 Å². The van der Waals surface area contributed by atoms with E-state index in [0.717, 1.165) is 13.1 Å². The Kier molecular flexibility index (Phi) is 11.5. The molecule has 0 saturated carbocycles. The predicted octanol–water partition coefficient (Wildman–Crippen LogP) is 0.856. The van der Waals surface area contributed by atoms with Crippen LogP contribution in [0.4, 0.5) is 0 Å². The van der Waals surface area contributed by atoms with E-state index >= 15 is 0 Å². The van der Waals surface area contributed by atoms with Crippen molar-refractivity contribution in [1.82, 2.24) is 0 Å². The highest BCUT2D eigenvalue weighted by atomic mass is 28.4. The van der Waals surface area contributed by atoms with Gasteiger partial charge >= 0.3 is 8.80 Å². The van der Waals surface area contributed by atoms with Gasteiger partial charge in [0.2, 0.25) is 0 Å². The minimum Gasteiger partial charge on any atom is -0.391 e. The molecule has 0 aliphatic rings. The quantitative estimate of drug-likeness (QED) is 0.366. The lowest BCUT2D eigenvalue weighted by atomic mass is 10.3. The molecule has 0 fully saturated rings. The van der Waals surface area contributed by atoms with Crippen molar-refractivity contribution in [1.29, 1.82) is 0 Å². The number of likely N-dealkylation sites (N-methyl/N-ethyl adjacent to an activating group) is 1. The van der Waals surface area contributed by atoms with Crippen molar-refractivity contribution in [2.75, 3.05) is 59.2 Å². The van der Waals surface area contributed by atoms with Crippen LogP contribution >= 0.6 is 0 Å². The van der Waals surface area contributed by atoms with E-state index in [2.05, 4.69) is 6.92 Å². The van der Waals surface area contributed by atoms with Crippen LogP contribution in [0.2, 0.25) is 6.04 Å². The van der Waals surface area contributed by atoms with Gasteiger partial charge in [-0.1, -0.05) is 0 Å². The number of hydrogen-bond acceptors (Lipinski definition) is 5. The molecule has 0 unspecified atom stereocenters. The summed E-state index contributed by atoms with van der Waals surface area (Å²) >= 11 is 0. The Hall–Kier alpha value is -0.0231. The lowest BCUT2D eigenvalue weighted by Gasteiger charge is -2.39. The first-order valence-corrected chi connectivity index (χ1v) is 9.99. The van der Waals surface area contributed by atoms with E-state index in [9.17, 15) is 10.2 Å². The monoisotopic (exact) mass is 324 g/mol. The van der Waals surface area contributed by atoms with Crippen molar-refractivity contribution >= 4 is 8.80 Å². The van der Waals surface area contributed by atoms with Crippen molar-refractivity contribution < 1.29 is 28.0 Å². The van der Waals surface area contributed by atoms with Gasteiger partial charge in [0.15, 0.2) is 0 Å². The molecule has 0 spiro atoms. The summed E-state index contributed by atoms with van der Waals surface area (Å²) in [6, 6.07) is 0.705. The lowest BCUT2D eigenvalue weighted by Crippen LogP contribution is -2.56. The third-order valence-electron chi connectivity index (χ3n) is 3.80. The molecule has 0 heterocycles. The summed E-state index contributed by atoms with van der Waals surface area (Å²) in [5.74, 6) is 0. The Balaban J connectivity index is 4.94. The highest BCUT2D eigenvalue weighted by molar-refractivity contribution is 6.60. The molecule has 0 aromatic carbocycles. The summed E-state index contributed by atoms with van der Waals surface area (Å²) in [7, 11) is -2.66. The van der Waals surface area contributed by atoms with Gasteiger partial charge in [0, 0.05) is 19.8 Å². The minimum absolute atomic E-state index is 0.111. The number of rotatable bonds is 14. The highest BCUT2D eigenvalue weighted by Gasteiger charge is 2.43. The molecule has 0 amide bonds. The first-order chi connectivity index (χ1) is 10.1. The standard InChI is InChI=1S/C14H34NO5Si/c1-5-15(9-12-16,10-13-17)11-14-21(18-6-2,19-7-3)20-8-4/h16-17H,5-14H2,1-4H3/q+1. The summed E-state index contributed by atoms with van der Waals surface area (Å²) in [4.78, 5) is 0. The molecule has 0 aromatic heterocycles. The second-order valence-electron chi connectivity index (χ2n) is 5.01. The van der Waals surface area contributed by atoms with Crippen molar-refractivity contribution in [2.24, 2.45) is 0 Å². The molecule has 0 bridgehead atoms. The molecule has 0 radical (unpaired) electrons. The summed E-state index contributed by atoms with van der Waals surface area (Å²) in [5.41, 5.74) is 0. The minimum atomic E-state index is -2.66. The number of hydrogen-bond donors (Lipinski definition) is 2. The van der Waals surface area contributed by atoms with E-state index in [-0.39, 0.29) is 13.2 Å². The number of aliphatic hydroxyl groups is 2. The topological polar surface area (TPSA) is 68.2 Å². The normalized spacial score (nSPS) is 12.9. The van der Waals surface area contributed by atoms with Crippen LogP contribution in [0.1, 0.15) is 27.7 Å². The van der Waals surface area contributed by atoms with E-state index in [1.54, 1.807) is 0 Å². The molecule has 0 aliphatic heterocycles. The van der Waals surface area contributed by atoms with Gasteiger partial charge in [0.1, 0.15) is 13.1 Å². The molecule has 7 heteroatoms. The number of nitrogens with zero attached hydrogens (tertiary/aromatic N) is 1. The smallest absolute Gasteiger partial charge is 0.391 e. The van der Waals surface area contributed by atoms with Gasteiger partial charge < -0.3 is 28.0 Å². The van der Waals surface area contributed by atoms with Crippen LogP contribution in [0.25, 0.3) is 0 Å². The predicted molar refractivity (Wildman–Crippen MR) is 85.0 cm³/mol. The fourth-order valence-electron chi connectivity index (χ4n) is 2.61. The van der Waals surface area contributed by atoms with E-state index in [1.807, 2.05) is 20.8 Å². The second kappa shape index (κ2) is 11.5. The van der Waals surface area contributed by atoms with Crippen LogP contribution in [0.5, 0.6) is 0 Å². The van der Waals surface area contributed by atoms with Gasteiger partial charge in [0.05, 0.1) is 32.3 Å². The zero-order valence-electron chi connectivity index (χ0n) is 14.1. The Morgan fingerprint density at radius 3 is 1.48 bits per heavy atom. The number of aliphatic hydroxyl groups excluding tert-OH is 2. The maximum absolute atomic E-state index is 9.32. The molecule has 21 heavy (non-hydrogen) atoms. The van der Waals surface area contributed by atoms with Gasteiger partial charge in [-0.25, -0.2) is 0 Å². The summed E-state index contributed by atoms with van der Waals surface area (Å²) in [6.45, 7) is 12.7. The maximum atomic E-state index is 9.32. The van der Waals surface area contributed by atoms with E-state index in [1.165, 1.54) is 0 Å². The Morgan fingerprint density at radius 2 is 1.19 bits per heavy atom. The number of quaternary nitrogens is 1.